The van der Waals surface area contributed by atoms with Gasteiger partial charge in [-0.15, -0.1) is 5.10 Å². The van der Waals surface area contributed by atoms with E-state index in [1.165, 1.54) is 36.4 Å². The summed E-state index contributed by atoms with van der Waals surface area (Å²) in [6.45, 7) is -0.692. The molecule has 1 amide bonds. The Morgan fingerprint density at radius 1 is 1.12 bits per heavy atom. The van der Waals surface area contributed by atoms with E-state index >= 15 is 0 Å². The molecule has 0 radical (unpaired) electrons. The molecule has 7 atom stereocenters. The third-order valence-corrected chi connectivity index (χ3v) is 8.05. The molecule has 2 heterocycles. The number of aliphatic hydroxyl groups excluding tert-OH is 3. The van der Waals surface area contributed by atoms with Crippen molar-refractivity contribution in [3.05, 3.63) is 64.0 Å². The van der Waals surface area contributed by atoms with E-state index in [1.54, 1.807) is 0 Å². The van der Waals surface area contributed by atoms with Crippen molar-refractivity contribution in [2.24, 2.45) is 0 Å². The van der Waals surface area contributed by atoms with Gasteiger partial charge in [0.2, 0.25) is 0 Å². The number of carbonyl (C=O) groups is 1. The topological polar surface area (TPSA) is 130 Å². The minimum Gasteiger partial charge on any atom is -0.394 e. The van der Waals surface area contributed by atoms with Crippen molar-refractivity contribution < 1.29 is 42.8 Å². The molecule has 0 unspecified atom stereocenters. The van der Waals surface area contributed by atoms with Gasteiger partial charge in [-0.25, -0.2) is 17.9 Å². The van der Waals surface area contributed by atoms with E-state index in [9.17, 15) is 33.3 Å². The number of ether oxygens (including phenoxy) is 2. The highest BCUT2D eigenvalue weighted by Crippen LogP contribution is 2.38. The van der Waals surface area contributed by atoms with Crippen molar-refractivity contribution in [3.8, 4) is 11.3 Å². The number of methoxy groups -OCH3 is 1. The Kier molecular flexibility index (Phi) is 9.09. The van der Waals surface area contributed by atoms with Crippen LogP contribution in [0.15, 0.2) is 36.5 Å². The molecule has 2 fully saturated rings. The molecule has 3 aromatic rings. The monoisotopic (exact) mass is 630 g/mol. The fraction of sp³-hybridized carbons (Fsp3) is 0.444. The Hall–Kier alpha value is -2.78. The average molecular weight is 631 g/mol. The molecule has 1 aromatic heterocycles. The maximum atomic E-state index is 14.3. The Bertz CT molecular complexity index is 1420. The van der Waals surface area contributed by atoms with Gasteiger partial charge in [-0.05, 0) is 49.6 Å². The summed E-state index contributed by atoms with van der Waals surface area (Å²) in [5.41, 5.74) is 0.112. The fourth-order valence-corrected chi connectivity index (χ4v) is 6.15. The Morgan fingerprint density at radius 2 is 1.79 bits per heavy atom. The van der Waals surface area contributed by atoms with Gasteiger partial charge in [-0.1, -0.05) is 28.4 Å². The van der Waals surface area contributed by atoms with E-state index in [4.69, 9.17) is 32.7 Å². The Morgan fingerprint density at radius 3 is 2.36 bits per heavy atom. The second kappa shape index (κ2) is 12.4. The maximum Gasteiger partial charge on any atom is 0.259 e. The van der Waals surface area contributed by atoms with Gasteiger partial charge in [0.25, 0.3) is 5.91 Å². The first-order valence-electron chi connectivity index (χ1n) is 13.0. The van der Waals surface area contributed by atoms with Gasteiger partial charge in [0.05, 0.1) is 24.9 Å². The molecule has 1 aliphatic carbocycles. The zero-order valence-corrected chi connectivity index (χ0v) is 23.6. The first-order chi connectivity index (χ1) is 20.0. The maximum absolute atomic E-state index is 14.3. The van der Waals surface area contributed by atoms with Gasteiger partial charge in [-0.2, -0.15) is 0 Å². The van der Waals surface area contributed by atoms with Gasteiger partial charge in [0.1, 0.15) is 30.0 Å². The van der Waals surface area contributed by atoms with Crippen LogP contribution in [0.3, 0.4) is 0 Å². The molecular weight excluding hydrogens is 604 g/mol. The summed E-state index contributed by atoms with van der Waals surface area (Å²) in [6.07, 6.45) is -3.50. The lowest BCUT2D eigenvalue weighted by Crippen LogP contribution is -2.62. The van der Waals surface area contributed by atoms with Gasteiger partial charge >= 0.3 is 0 Å². The van der Waals surface area contributed by atoms with Gasteiger partial charge in [0, 0.05) is 28.4 Å². The summed E-state index contributed by atoms with van der Waals surface area (Å²) in [7, 11) is 1.28. The molecular formula is C27H27Cl2F3N4O6. The largest absolute Gasteiger partial charge is 0.394 e. The van der Waals surface area contributed by atoms with Crippen molar-refractivity contribution >= 4 is 34.8 Å². The summed E-state index contributed by atoms with van der Waals surface area (Å²) < 4.78 is 53.9. The van der Waals surface area contributed by atoms with Crippen LogP contribution in [0.4, 0.5) is 18.9 Å². The highest BCUT2D eigenvalue weighted by molar-refractivity contribution is 6.35. The van der Waals surface area contributed by atoms with Crippen LogP contribution in [0.1, 0.15) is 25.3 Å². The van der Waals surface area contributed by atoms with Crippen LogP contribution in [0.2, 0.25) is 10.0 Å². The number of hydrogen-bond donors (Lipinski definition) is 3. The summed E-state index contributed by atoms with van der Waals surface area (Å²) >= 11 is 12.5. The number of halogens is 5. The quantitative estimate of drug-likeness (QED) is 0.339. The molecule has 2 aromatic carbocycles. The molecule has 0 spiro atoms. The van der Waals surface area contributed by atoms with Crippen LogP contribution in [0, 0.1) is 17.5 Å². The van der Waals surface area contributed by atoms with Crippen molar-refractivity contribution in [3.63, 3.8) is 0 Å². The highest BCUT2D eigenvalue weighted by Gasteiger charge is 2.52. The normalized spacial score (nSPS) is 27.8. The van der Waals surface area contributed by atoms with E-state index in [0.29, 0.717) is 24.9 Å². The van der Waals surface area contributed by atoms with E-state index in [2.05, 4.69) is 10.3 Å². The summed E-state index contributed by atoms with van der Waals surface area (Å²) in [6, 6.07) is 4.15. The summed E-state index contributed by atoms with van der Waals surface area (Å²) in [5, 5.41) is 40.3. The third kappa shape index (κ3) is 5.74. The zero-order chi connectivity index (χ0) is 30.3. The smallest absolute Gasteiger partial charge is 0.259 e. The summed E-state index contributed by atoms with van der Waals surface area (Å²) in [4.78, 5) is 15.6. The Labute approximate surface area is 248 Å². The molecule has 15 heteroatoms. The molecule has 2 aliphatic rings. The number of aromatic nitrogens is 3. The standard InChI is InChI=1S/C27H27Cl2F3N4O6/c1-41-25-23(35-10-18(33-34-35)12-5-16(30)22(32)17(31)6-12)24(39)21(11-37)42-26(25)27(40)36(19-3-2-4-20(19)38)15-8-13(28)7-14(29)9-15/h5-10,19-21,23-26,37-39H,2-4,11H2,1H3/t19-,20-,21-,23+,24+,25-,26-/m1/s1. The minimum absolute atomic E-state index is 0.0611. The van der Waals surface area contributed by atoms with Crippen molar-refractivity contribution in [2.45, 2.75) is 61.9 Å². The molecule has 10 nitrogen and oxygen atoms in total. The van der Waals surface area contributed by atoms with Crippen molar-refractivity contribution in [1.29, 1.82) is 0 Å². The average Bonchev–Trinajstić information content (AvgIpc) is 3.60. The van der Waals surface area contributed by atoms with Crippen LogP contribution in [-0.2, 0) is 14.3 Å². The summed E-state index contributed by atoms with van der Waals surface area (Å²) in [5.74, 6) is -5.16. The van der Waals surface area contributed by atoms with Crippen LogP contribution in [0.5, 0.6) is 0 Å². The highest BCUT2D eigenvalue weighted by atomic mass is 35.5. The van der Waals surface area contributed by atoms with E-state index < -0.39 is 72.6 Å². The number of rotatable bonds is 7. The number of amides is 1. The van der Waals surface area contributed by atoms with Crippen molar-refractivity contribution in [2.75, 3.05) is 18.6 Å². The molecule has 1 saturated carbocycles. The molecule has 0 bridgehead atoms. The number of aliphatic hydroxyl groups is 3. The molecule has 1 aliphatic heterocycles. The molecule has 3 N–H and O–H groups in total. The van der Waals surface area contributed by atoms with Gasteiger partial charge < -0.3 is 29.7 Å². The first-order valence-corrected chi connectivity index (χ1v) is 13.8. The number of benzene rings is 2. The van der Waals surface area contributed by atoms with Crippen LogP contribution in [0.25, 0.3) is 11.3 Å². The molecule has 226 valence electrons. The zero-order valence-electron chi connectivity index (χ0n) is 22.1. The van der Waals surface area contributed by atoms with E-state index in [1.807, 2.05) is 0 Å². The van der Waals surface area contributed by atoms with E-state index in [0.717, 1.165) is 16.8 Å². The second-order valence-corrected chi connectivity index (χ2v) is 11.1. The number of anilines is 1. The number of nitrogens with zero attached hydrogens (tertiary/aromatic N) is 4. The SMILES string of the molecule is CO[C@@H]1[C@@H](n2cc(-c3cc(F)c(F)c(F)c3)nn2)[C@@H](O)[C@@H](CO)O[C@H]1C(=O)N(c1cc(Cl)cc(Cl)c1)[C@@H]1CCC[C@H]1O. The Balaban J connectivity index is 1.54. The van der Waals surface area contributed by atoms with Crippen molar-refractivity contribution in [1.82, 2.24) is 15.0 Å². The van der Waals surface area contributed by atoms with Gasteiger partial charge in [0.15, 0.2) is 23.6 Å². The van der Waals surface area contributed by atoms with Crippen LogP contribution in [-0.4, -0.2) is 86.5 Å². The first kappa shape index (κ1) is 30.7. The number of hydrogen-bond acceptors (Lipinski definition) is 8. The molecule has 42 heavy (non-hydrogen) atoms. The minimum atomic E-state index is -1.64. The predicted molar refractivity (Wildman–Crippen MR) is 145 cm³/mol. The lowest BCUT2D eigenvalue weighted by atomic mass is 9.91. The second-order valence-electron chi connectivity index (χ2n) is 10.2. The lowest BCUT2D eigenvalue weighted by Gasteiger charge is -2.45. The fourth-order valence-electron chi connectivity index (χ4n) is 5.64. The number of carbonyl (C=O) groups excluding carboxylic acids is 1. The third-order valence-electron chi connectivity index (χ3n) is 7.62. The van der Waals surface area contributed by atoms with E-state index in [-0.39, 0.29) is 21.3 Å². The molecule has 5 rings (SSSR count). The van der Waals surface area contributed by atoms with Gasteiger partial charge in [-0.3, -0.25) is 4.79 Å². The predicted octanol–water partition coefficient (Wildman–Crippen LogP) is 3.29. The molecule has 1 saturated heterocycles. The lowest BCUT2D eigenvalue weighted by molar-refractivity contribution is -0.211. The van der Waals surface area contributed by atoms with Crippen LogP contribution < -0.4 is 4.90 Å². The van der Waals surface area contributed by atoms with Crippen LogP contribution >= 0.6 is 23.2 Å².